The van der Waals surface area contributed by atoms with Gasteiger partial charge >= 0.3 is 5.97 Å². The molecule has 0 saturated carbocycles. The van der Waals surface area contributed by atoms with E-state index >= 15 is 0 Å². The first-order valence-electron chi connectivity index (χ1n) is 8.52. The first-order valence-corrected chi connectivity index (χ1v) is 9.34. The van der Waals surface area contributed by atoms with E-state index in [1.54, 1.807) is 6.20 Å². The molecule has 4 rings (SSSR count). The summed E-state index contributed by atoms with van der Waals surface area (Å²) in [5.41, 5.74) is 3.59. The molecule has 5 nitrogen and oxygen atoms in total. The lowest BCUT2D eigenvalue weighted by Gasteiger charge is -2.01. The number of carboxylic acid groups (broad SMARTS) is 1. The molecule has 27 heavy (non-hydrogen) atoms. The summed E-state index contributed by atoms with van der Waals surface area (Å²) in [6, 6.07) is 17.9. The SMILES string of the molecule is O=C(O)C/C(=C\c1cnn(Cc2ccccc2)c1)c1nc2ccccc2s1. The standard InChI is InChI=1S/C21H17N3O2S/c25-20(26)11-17(21-23-18-8-4-5-9-19(18)27-21)10-16-12-22-24(14-16)13-15-6-2-1-3-7-15/h1-10,12,14H,11,13H2,(H,25,26)/b17-10+. The highest BCUT2D eigenvalue weighted by Crippen LogP contribution is 2.30. The lowest BCUT2D eigenvalue weighted by atomic mass is 10.1. The number of nitrogens with zero attached hydrogens (tertiary/aromatic N) is 3. The third-order valence-corrected chi connectivity index (χ3v) is 5.20. The van der Waals surface area contributed by atoms with Crippen LogP contribution >= 0.6 is 11.3 Å². The van der Waals surface area contributed by atoms with Crippen LogP contribution in [0.25, 0.3) is 21.9 Å². The maximum absolute atomic E-state index is 11.4. The van der Waals surface area contributed by atoms with Gasteiger partial charge in [0.1, 0.15) is 5.01 Å². The molecule has 0 spiro atoms. The summed E-state index contributed by atoms with van der Waals surface area (Å²) in [4.78, 5) is 15.9. The lowest BCUT2D eigenvalue weighted by Crippen LogP contribution is -1.99. The quantitative estimate of drug-likeness (QED) is 0.537. The number of hydrogen-bond acceptors (Lipinski definition) is 4. The number of hydrogen-bond donors (Lipinski definition) is 1. The zero-order chi connectivity index (χ0) is 18.6. The summed E-state index contributed by atoms with van der Waals surface area (Å²) in [7, 11) is 0. The predicted octanol–water partition coefficient (Wildman–Crippen LogP) is 4.56. The number of rotatable bonds is 6. The van der Waals surface area contributed by atoms with Crippen molar-refractivity contribution in [2.24, 2.45) is 0 Å². The lowest BCUT2D eigenvalue weighted by molar-refractivity contribution is -0.135. The molecule has 0 amide bonds. The third-order valence-electron chi connectivity index (χ3n) is 4.09. The van der Waals surface area contributed by atoms with Crippen LogP contribution in [0.5, 0.6) is 0 Å². The van der Waals surface area contributed by atoms with E-state index in [0.29, 0.717) is 12.1 Å². The monoisotopic (exact) mass is 375 g/mol. The van der Waals surface area contributed by atoms with Crippen molar-refractivity contribution >= 4 is 39.2 Å². The van der Waals surface area contributed by atoms with Crippen molar-refractivity contribution in [3.05, 3.63) is 83.1 Å². The number of carbonyl (C=O) groups is 1. The van der Waals surface area contributed by atoms with E-state index in [1.165, 1.54) is 11.3 Å². The van der Waals surface area contributed by atoms with Crippen molar-refractivity contribution in [3.8, 4) is 0 Å². The molecule has 0 saturated heterocycles. The molecular weight excluding hydrogens is 358 g/mol. The molecule has 134 valence electrons. The minimum absolute atomic E-state index is 0.0797. The number of fused-ring (bicyclic) bond motifs is 1. The summed E-state index contributed by atoms with van der Waals surface area (Å²) in [5.74, 6) is -0.878. The highest BCUT2D eigenvalue weighted by atomic mass is 32.1. The largest absolute Gasteiger partial charge is 0.481 e. The van der Waals surface area contributed by atoms with Crippen LogP contribution < -0.4 is 0 Å². The highest BCUT2D eigenvalue weighted by Gasteiger charge is 2.13. The normalized spacial score (nSPS) is 11.8. The van der Waals surface area contributed by atoms with Gasteiger partial charge < -0.3 is 5.11 Å². The Labute approximate surface area is 160 Å². The Bertz CT molecular complexity index is 1080. The molecule has 4 aromatic rings. The fourth-order valence-electron chi connectivity index (χ4n) is 2.87. The van der Waals surface area contributed by atoms with Gasteiger partial charge in [-0.1, -0.05) is 42.5 Å². The average Bonchev–Trinajstić information content (AvgIpc) is 3.28. The summed E-state index contributed by atoms with van der Waals surface area (Å²) in [6.45, 7) is 0.671. The van der Waals surface area contributed by atoms with E-state index in [9.17, 15) is 9.90 Å². The minimum atomic E-state index is -0.878. The second-order valence-corrected chi connectivity index (χ2v) is 7.21. The summed E-state index contributed by atoms with van der Waals surface area (Å²) < 4.78 is 2.89. The number of para-hydroxylation sites is 1. The molecule has 1 N–H and O–H groups in total. The van der Waals surface area contributed by atoms with Crippen LogP contribution in [0.4, 0.5) is 0 Å². The van der Waals surface area contributed by atoms with E-state index in [-0.39, 0.29) is 6.42 Å². The van der Waals surface area contributed by atoms with E-state index in [1.807, 2.05) is 71.6 Å². The Morgan fingerprint density at radius 2 is 1.89 bits per heavy atom. The number of thiazole rings is 1. The third kappa shape index (κ3) is 4.12. The van der Waals surface area contributed by atoms with Crippen LogP contribution in [0, 0.1) is 0 Å². The summed E-state index contributed by atoms with van der Waals surface area (Å²) in [6.07, 6.45) is 5.45. The summed E-state index contributed by atoms with van der Waals surface area (Å²) >= 11 is 1.51. The minimum Gasteiger partial charge on any atom is -0.481 e. The van der Waals surface area contributed by atoms with Crippen LogP contribution in [-0.2, 0) is 11.3 Å². The topological polar surface area (TPSA) is 68.0 Å². The van der Waals surface area contributed by atoms with E-state index in [0.717, 1.165) is 26.4 Å². The molecule has 6 heteroatoms. The molecule has 0 unspecified atom stereocenters. The highest BCUT2D eigenvalue weighted by molar-refractivity contribution is 7.19. The van der Waals surface area contributed by atoms with Gasteiger partial charge in [0.05, 0.1) is 29.4 Å². The van der Waals surface area contributed by atoms with Crippen molar-refractivity contribution in [2.75, 3.05) is 0 Å². The molecule has 0 radical (unpaired) electrons. The van der Waals surface area contributed by atoms with Gasteiger partial charge in [0, 0.05) is 11.8 Å². The molecule has 2 aromatic heterocycles. The molecule has 0 aliphatic rings. The maximum Gasteiger partial charge on any atom is 0.307 e. The van der Waals surface area contributed by atoms with Crippen LogP contribution in [0.2, 0.25) is 0 Å². The first kappa shape index (κ1) is 17.2. The molecule has 0 fully saturated rings. The van der Waals surface area contributed by atoms with Crippen molar-refractivity contribution in [3.63, 3.8) is 0 Å². The Morgan fingerprint density at radius 1 is 1.11 bits per heavy atom. The number of benzene rings is 2. The van der Waals surface area contributed by atoms with Crippen molar-refractivity contribution in [1.29, 1.82) is 0 Å². The van der Waals surface area contributed by atoms with Crippen LogP contribution in [0.3, 0.4) is 0 Å². The van der Waals surface area contributed by atoms with Gasteiger partial charge in [-0.25, -0.2) is 4.98 Å². The molecule has 0 atom stereocenters. The Balaban J connectivity index is 1.64. The van der Waals surface area contributed by atoms with Gasteiger partial charge in [-0.05, 0) is 29.3 Å². The first-order chi connectivity index (χ1) is 13.2. The molecule has 2 heterocycles. The average molecular weight is 375 g/mol. The second-order valence-electron chi connectivity index (χ2n) is 6.18. The number of aromatic nitrogens is 3. The van der Waals surface area contributed by atoms with Gasteiger partial charge in [0.15, 0.2) is 0 Å². The Morgan fingerprint density at radius 3 is 2.67 bits per heavy atom. The molecule has 2 aromatic carbocycles. The smallest absolute Gasteiger partial charge is 0.307 e. The van der Waals surface area contributed by atoms with E-state index in [2.05, 4.69) is 10.1 Å². The number of aliphatic carboxylic acids is 1. The van der Waals surface area contributed by atoms with Crippen LogP contribution in [-0.4, -0.2) is 25.8 Å². The van der Waals surface area contributed by atoms with Crippen molar-refractivity contribution in [1.82, 2.24) is 14.8 Å². The van der Waals surface area contributed by atoms with Crippen LogP contribution in [0.15, 0.2) is 67.0 Å². The fraction of sp³-hybridized carbons (Fsp3) is 0.0952. The van der Waals surface area contributed by atoms with Gasteiger partial charge in [0.25, 0.3) is 0 Å². The van der Waals surface area contributed by atoms with Crippen molar-refractivity contribution < 1.29 is 9.90 Å². The number of carboxylic acids is 1. The Hall–Kier alpha value is -3.25. The van der Waals surface area contributed by atoms with Gasteiger partial charge in [-0.2, -0.15) is 5.10 Å². The fourth-order valence-corrected chi connectivity index (χ4v) is 3.85. The van der Waals surface area contributed by atoms with E-state index < -0.39 is 5.97 Å². The van der Waals surface area contributed by atoms with Gasteiger partial charge in [-0.15, -0.1) is 11.3 Å². The van der Waals surface area contributed by atoms with E-state index in [4.69, 9.17) is 0 Å². The molecule has 0 aliphatic carbocycles. The molecule has 0 aliphatic heterocycles. The Kier molecular flexibility index (Phi) is 4.80. The second kappa shape index (κ2) is 7.55. The molecular formula is C21H17N3O2S. The maximum atomic E-state index is 11.4. The molecule has 0 bridgehead atoms. The summed E-state index contributed by atoms with van der Waals surface area (Å²) in [5, 5.41) is 14.4. The van der Waals surface area contributed by atoms with Gasteiger partial charge in [-0.3, -0.25) is 9.48 Å². The zero-order valence-electron chi connectivity index (χ0n) is 14.4. The predicted molar refractivity (Wildman–Crippen MR) is 108 cm³/mol. The van der Waals surface area contributed by atoms with Gasteiger partial charge in [0.2, 0.25) is 0 Å². The zero-order valence-corrected chi connectivity index (χ0v) is 15.3. The van der Waals surface area contributed by atoms with Crippen LogP contribution in [0.1, 0.15) is 22.6 Å². The van der Waals surface area contributed by atoms with Crippen molar-refractivity contribution in [2.45, 2.75) is 13.0 Å².